The van der Waals surface area contributed by atoms with Crippen LogP contribution in [0.25, 0.3) is 0 Å². The maximum absolute atomic E-state index is 2.40. The standard InChI is InChI=1S/C13H26/c1-6-11-7-12(9(2)3)8-13(11)10(4)5/h9-13H,6-8H2,1-5H3. The van der Waals surface area contributed by atoms with Crippen molar-refractivity contribution in [1.82, 2.24) is 0 Å². The van der Waals surface area contributed by atoms with Gasteiger partial charge in [0, 0.05) is 0 Å². The average molecular weight is 182 g/mol. The molecule has 1 aliphatic carbocycles. The molecule has 0 aromatic rings. The molecule has 3 unspecified atom stereocenters. The fourth-order valence-corrected chi connectivity index (χ4v) is 3.03. The molecule has 3 atom stereocenters. The summed E-state index contributed by atoms with van der Waals surface area (Å²) in [5, 5.41) is 0. The average Bonchev–Trinajstić information content (AvgIpc) is 2.47. The van der Waals surface area contributed by atoms with Gasteiger partial charge in [-0.25, -0.2) is 0 Å². The third-order valence-corrected chi connectivity index (χ3v) is 4.11. The van der Waals surface area contributed by atoms with E-state index in [1.54, 1.807) is 0 Å². The monoisotopic (exact) mass is 182 g/mol. The number of hydrogen-bond acceptors (Lipinski definition) is 0. The van der Waals surface area contributed by atoms with Crippen LogP contribution in [0, 0.1) is 29.6 Å². The van der Waals surface area contributed by atoms with E-state index in [4.69, 9.17) is 0 Å². The van der Waals surface area contributed by atoms with E-state index in [9.17, 15) is 0 Å². The molecule has 0 aromatic carbocycles. The molecule has 0 heterocycles. The van der Waals surface area contributed by atoms with Crippen molar-refractivity contribution in [3.05, 3.63) is 0 Å². The molecule has 0 amide bonds. The molecule has 13 heavy (non-hydrogen) atoms. The van der Waals surface area contributed by atoms with Crippen molar-refractivity contribution in [3.63, 3.8) is 0 Å². The lowest BCUT2D eigenvalue weighted by Crippen LogP contribution is -2.13. The van der Waals surface area contributed by atoms with Crippen molar-refractivity contribution < 1.29 is 0 Å². The second-order valence-corrected chi connectivity index (χ2v) is 5.55. The van der Waals surface area contributed by atoms with Gasteiger partial charge >= 0.3 is 0 Å². The van der Waals surface area contributed by atoms with Gasteiger partial charge in [0.05, 0.1) is 0 Å². The molecule has 0 nitrogen and oxygen atoms in total. The van der Waals surface area contributed by atoms with E-state index >= 15 is 0 Å². The van der Waals surface area contributed by atoms with Crippen LogP contribution in [0.1, 0.15) is 53.9 Å². The van der Waals surface area contributed by atoms with E-state index in [0.717, 1.165) is 29.6 Å². The van der Waals surface area contributed by atoms with Gasteiger partial charge in [0.25, 0.3) is 0 Å². The van der Waals surface area contributed by atoms with Crippen molar-refractivity contribution in [1.29, 1.82) is 0 Å². The van der Waals surface area contributed by atoms with Crippen LogP contribution < -0.4 is 0 Å². The minimum atomic E-state index is 0.897. The lowest BCUT2D eigenvalue weighted by Gasteiger charge is -2.21. The molecule has 1 fully saturated rings. The van der Waals surface area contributed by atoms with Gasteiger partial charge in [-0.15, -0.1) is 0 Å². The first-order valence-electron chi connectivity index (χ1n) is 6.06. The topological polar surface area (TPSA) is 0 Å². The Morgan fingerprint density at radius 3 is 1.92 bits per heavy atom. The SMILES string of the molecule is CCC1CC(C(C)C)CC1C(C)C. The van der Waals surface area contributed by atoms with Crippen LogP contribution in [0.5, 0.6) is 0 Å². The lowest BCUT2D eigenvalue weighted by molar-refractivity contribution is 0.286. The van der Waals surface area contributed by atoms with Crippen LogP contribution in [0.3, 0.4) is 0 Å². The van der Waals surface area contributed by atoms with E-state index in [-0.39, 0.29) is 0 Å². The van der Waals surface area contributed by atoms with Crippen LogP contribution in [0.4, 0.5) is 0 Å². The van der Waals surface area contributed by atoms with Crippen molar-refractivity contribution in [2.75, 3.05) is 0 Å². The molecular formula is C13H26. The fourth-order valence-electron chi connectivity index (χ4n) is 3.03. The summed E-state index contributed by atoms with van der Waals surface area (Å²) in [4.78, 5) is 0. The van der Waals surface area contributed by atoms with Crippen molar-refractivity contribution >= 4 is 0 Å². The molecule has 1 saturated carbocycles. The second kappa shape index (κ2) is 4.48. The van der Waals surface area contributed by atoms with Crippen LogP contribution in [-0.2, 0) is 0 Å². The summed E-state index contributed by atoms with van der Waals surface area (Å²) in [6.07, 6.45) is 4.39. The third-order valence-electron chi connectivity index (χ3n) is 4.11. The zero-order valence-corrected chi connectivity index (χ0v) is 10.0. The summed E-state index contributed by atoms with van der Waals surface area (Å²) in [5.41, 5.74) is 0. The van der Waals surface area contributed by atoms with Crippen molar-refractivity contribution in [2.24, 2.45) is 29.6 Å². The van der Waals surface area contributed by atoms with Crippen LogP contribution in [0.15, 0.2) is 0 Å². The molecule has 0 aliphatic heterocycles. The van der Waals surface area contributed by atoms with E-state index in [1.807, 2.05) is 0 Å². The first-order valence-corrected chi connectivity index (χ1v) is 6.06. The Balaban J connectivity index is 2.56. The quantitative estimate of drug-likeness (QED) is 0.608. The zero-order valence-electron chi connectivity index (χ0n) is 10.0. The summed E-state index contributed by atoms with van der Waals surface area (Å²) in [6, 6.07) is 0. The highest BCUT2D eigenvalue weighted by atomic mass is 14.4. The molecule has 78 valence electrons. The Hall–Kier alpha value is 0. The van der Waals surface area contributed by atoms with Gasteiger partial charge in [-0.3, -0.25) is 0 Å². The van der Waals surface area contributed by atoms with E-state index < -0.39 is 0 Å². The predicted molar refractivity (Wildman–Crippen MR) is 59.7 cm³/mol. The molecule has 0 N–H and O–H groups in total. The maximum atomic E-state index is 2.40. The minimum Gasteiger partial charge on any atom is -0.0651 e. The second-order valence-electron chi connectivity index (χ2n) is 5.55. The first-order chi connectivity index (χ1) is 6.06. The van der Waals surface area contributed by atoms with Gasteiger partial charge in [0.2, 0.25) is 0 Å². The van der Waals surface area contributed by atoms with Gasteiger partial charge in [-0.05, 0) is 42.4 Å². The van der Waals surface area contributed by atoms with Crippen molar-refractivity contribution in [3.8, 4) is 0 Å². The Morgan fingerprint density at radius 2 is 1.62 bits per heavy atom. The lowest BCUT2D eigenvalue weighted by atomic mass is 9.84. The molecular weight excluding hydrogens is 156 g/mol. The van der Waals surface area contributed by atoms with Crippen molar-refractivity contribution in [2.45, 2.75) is 53.9 Å². The summed E-state index contributed by atoms with van der Waals surface area (Å²) >= 11 is 0. The molecule has 1 rings (SSSR count). The smallest absolute Gasteiger partial charge is 0.0360 e. The molecule has 1 aliphatic rings. The van der Waals surface area contributed by atoms with Gasteiger partial charge < -0.3 is 0 Å². The normalized spacial score (nSPS) is 34.8. The first kappa shape index (κ1) is 11.1. The molecule has 0 aromatic heterocycles. The summed E-state index contributed by atoms with van der Waals surface area (Å²) in [6.45, 7) is 11.9. The van der Waals surface area contributed by atoms with Gasteiger partial charge in [-0.1, -0.05) is 41.0 Å². The summed E-state index contributed by atoms with van der Waals surface area (Å²) in [7, 11) is 0. The zero-order chi connectivity index (χ0) is 10.0. The largest absolute Gasteiger partial charge is 0.0651 e. The van der Waals surface area contributed by atoms with E-state index in [2.05, 4.69) is 34.6 Å². The minimum absolute atomic E-state index is 0.897. The molecule has 0 radical (unpaired) electrons. The summed E-state index contributed by atoms with van der Waals surface area (Å²) in [5.74, 6) is 4.84. The Kier molecular flexibility index (Phi) is 3.82. The Labute approximate surface area is 84.1 Å². The molecule has 0 heteroatoms. The van der Waals surface area contributed by atoms with Gasteiger partial charge in [0.15, 0.2) is 0 Å². The number of hydrogen-bond donors (Lipinski definition) is 0. The third kappa shape index (κ3) is 2.48. The van der Waals surface area contributed by atoms with Gasteiger partial charge in [-0.2, -0.15) is 0 Å². The number of rotatable bonds is 3. The maximum Gasteiger partial charge on any atom is -0.0360 e. The highest BCUT2D eigenvalue weighted by molar-refractivity contribution is 4.85. The predicted octanol–water partition coefficient (Wildman–Crippen LogP) is 4.35. The van der Waals surface area contributed by atoms with Crippen LogP contribution >= 0.6 is 0 Å². The highest BCUT2D eigenvalue weighted by Crippen LogP contribution is 2.44. The van der Waals surface area contributed by atoms with Crippen LogP contribution in [-0.4, -0.2) is 0 Å². The summed E-state index contributed by atoms with van der Waals surface area (Å²) < 4.78 is 0. The molecule has 0 bridgehead atoms. The van der Waals surface area contributed by atoms with E-state index in [0.29, 0.717) is 0 Å². The molecule has 0 saturated heterocycles. The highest BCUT2D eigenvalue weighted by Gasteiger charge is 2.35. The molecule has 0 spiro atoms. The Bertz CT molecular complexity index is 146. The Morgan fingerprint density at radius 1 is 1.00 bits per heavy atom. The fraction of sp³-hybridized carbons (Fsp3) is 1.00. The van der Waals surface area contributed by atoms with Crippen LogP contribution in [0.2, 0.25) is 0 Å². The van der Waals surface area contributed by atoms with Gasteiger partial charge in [0.1, 0.15) is 0 Å². The van der Waals surface area contributed by atoms with E-state index in [1.165, 1.54) is 19.3 Å².